The van der Waals surface area contributed by atoms with Gasteiger partial charge >= 0.3 is 0 Å². The Labute approximate surface area is 117 Å². The molecule has 0 aliphatic carbocycles. The molecule has 1 aromatic carbocycles. The van der Waals surface area contributed by atoms with Gasteiger partial charge in [-0.05, 0) is 31.5 Å². The molecule has 98 valence electrons. The van der Waals surface area contributed by atoms with Crippen molar-refractivity contribution in [3.63, 3.8) is 0 Å². The fourth-order valence-corrected chi connectivity index (χ4v) is 2.02. The first kappa shape index (κ1) is 12.4. The maximum Gasteiger partial charge on any atom is 0.183 e. The second-order valence-electron chi connectivity index (χ2n) is 4.67. The Balaban J connectivity index is 2.06. The van der Waals surface area contributed by atoms with Gasteiger partial charge in [-0.25, -0.2) is 4.98 Å². The fourth-order valence-electron chi connectivity index (χ4n) is 2.02. The third-order valence-corrected chi connectivity index (χ3v) is 3.15. The molecule has 0 bridgehead atoms. The molecule has 0 radical (unpaired) electrons. The smallest absolute Gasteiger partial charge is 0.183 e. The van der Waals surface area contributed by atoms with Crippen LogP contribution in [0.25, 0.3) is 22.6 Å². The van der Waals surface area contributed by atoms with Gasteiger partial charge in [0, 0.05) is 23.0 Å². The Morgan fingerprint density at radius 3 is 2.50 bits per heavy atom. The molecular weight excluding hydrogens is 248 g/mol. The summed E-state index contributed by atoms with van der Waals surface area (Å²) in [5.41, 5.74) is 4.91. The van der Waals surface area contributed by atoms with Crippen LogP contribution in [0, 0.1) is 13.8 Å². The van der Waals surface area contributed by atoms with Crippen LogP contribution in [-0.2, 0) is 0 Å². The molecule has 0 saturated carbocycles. The standard InChI is InChI=1S/C16H14N4/c1-11-5-3-4-6-14(11)15-10-18-20-16(19-15)13-8-7-12(2)17-9-13/h3-10H,1-2H3. The lowest BCUT2D eigenvalue weighted by Crippen LogP contribution is -1.96. The van der Waals surface area contributed by atoms with Gasteiger partial charge in [-0.15, -0.1) is 5.10 Å². The number of hydrogen-bond donors (Lipinski definition) is 0. The number of nitrogens with zero attached hydrogens (tertiary/aromatic N) is 4. The SMILES string of the molecule is Cc1ccc(-c2nncc(-c3ccccc3C)n2)cn1. The molecule has 4 heteroatoms. The summed E-state index contributed by atoms with van der Waals surface area (Å²) in [7, 11) is 0. The number of hydrogen-bond acceptors (Lipinski definition) is 4. The van der Waals surface area contributed by atoms with E-state index in [-0.39, 0.29) is 0 Å². The molecule has 0 N–H and O–H groups in total. The Morgan fingerprint density at radius 1 is 0.900 bits per heavy atom. The highest BCUT2D eigenvalue weighted by Gasteiger charge is 2.07. The maximum absolute atomic E-state index is 4.59. The summed E-state index contributed by atoms with van der Waals surface area (Å²) >= 11 is 0. The van der Waals surface area contributed by atoms with Crippen molar-refractivity contribution in [1.29, 1.82) is 0 Å². The number of aromatic nitrogens is 4. The van der Waals surface area contributed by atoms with Crippen molar-refractivity contribution in [1.82, 2.24) is 20.2 Å². The minimum Gasteiger partial charge on any atom is -0.261 e. The average molecular weight is 262 g/mol. The fraction of sp³-hybridized carbons (Fsp3) is 0.125. The van der Waals surface area contributed by atoms with E-state index in [1.54, 1.807) is 12.4 Å². The quantitative estimate of drug-likeness (QED) is 0.711. The van der Waals surface area contributed by atoms with Gasteiger partial charge in [-0.3, -0.25) is 4.98 Å². The van der Waals surface area contributed by atoms with Crippen molar-refractivity contribution < 1.29 is 0 Å². The molecule has 0 unspecified atom stereocenters. The van der Waals surface area contributed by atoms with Gasteiger partial charge in [0.15, 0.2) is 5.82 Å². The third-order valence-electron chi connectivity index (χ3n) is 3.15. The molecule has 0 amide bonds. The Morgan fingerprint density at radius 2 is 1.75 bits per heavy atom. The summed E-state index contributed by atoms with van der Waals surface area (Å²) in [6.07, 6.45) is 3.46. The zero-order chi connectivity index (χ0) is 13.9. The van der Waals surface area contributed by atoms with Gasteiger partial charge in [0.1, 0.15) is 0 Å². The van der Waals surface area contributed by atoms with E-state index < -0.39 is 0 Å². The van der Waals surface area contributed by atoms with Crippen molar-refractivity contribution in [2.45, 2.75) is 13.8 Å². The van der Waals surface area contributed by atoms with Crippen molar-refractivity contribution in [3.05, 3.63) is 60.0 Å². The maximum atomic E-state index is 4.59. The monoisotopic (exact) mass is 262 g/mol. The molecule has 0 fully saturated rings. The van der Waals surface area contributed by atoms with Crippen molar-refractivity contribution in [3.8, 4) is 22.6 Å². The number of pyridine rings is 1. The zero-order valence-electron chi connectivity index (χ0n) is 11.4. The predicted molar refractivity (Wildman–Crippen MR) is 78.0 cm³/mol. The molecule has 0 spiro atoms. The van der Waals surface area contributed by atoms with Crippen LogP contribution < -0.4 is 0 Å². The van der Waals surface area contributed by atoms with Gasteiger partial charge < -0.3 is 0 Å². The summed E-state index contributed by atoms with van der Waals surface area (Å²) in [5.74, 6) is 0.596. The van der Waals surface area contributed by atoms with Crippen molar-refractivity contribution >= 4 is 0 Å². The molecule has 0 aliphatic heterocycles. The van der Waals surface area contributed by atoms with Crippen LogP contribution in [0.15, 0.2) is 48.8 Å². The molecule has 20 heavy (non-hydrogen) atoms. The van der Waals surface area contributed by atoms with Gasteiger partial charge in [-0.2, -0.15) is 5.10 Å². The normalized spacial score (nSPS) is 10.5. The summed E-state index contributed by atoms with van der Waals surface area (Å²) in [6, 6.07) is 12.0. The summed E-state index contributed by atoms with van der Waals surface area (Å²) < 4.78 is 0. The largest absolute Gasteiger partial charge is 0.261 e. The van der Waals surface area contributed by atoms with Gasteiger partial charge in [0.05, 0.1) is 11.9 Å². The second kappa shape index (κ2) is 5.17. The van der Waals surface area contributed by atoms with E-state index in [1.807, 2.05) is 37.3 Å². The summed E-state index contributed by atoms with van der Waals surface area (Å²) in [4.78, 5) is 8.86. The van der Waals surface area contributed by atoms with Crippen LogP contribution in [-0.4, -0.2) is 20.2 Å². The van der Waals surface area contributed by atoms with Crippen LogP contribution in [0.4, 0.5) is 0 Å². The van der Waals surface area contributed by atoms with Crippen LogP contribution in [0.2, 0.25) is 0 Å². The molecule has 2 aromatic heterocycles. The highest BCUT2D eigenvalue weighted by Crippen LogP contribution is 2.22. The van der Waals surface area contributed by atoms with E-state index in [0.717, 1.165) is 22.5 Å². The van der Waals surface area contributed by atoms with Gasteiger partial charge in [-0.1, -0.05) is 24.3 Å². The summed E-state index contributed by atoms with van der Waals surface area (Å²) in [6.45, 7) is 4.01. The van der Waals surface area contributed by atoms with Crippen molar-refractivity contribution in [2.75, 3.05) is 0 Å². The molecule has 4 nitrogen and oxygen atoms in total. The first-order valence-corrected chi connectivity index (χ1v) is 6.43. The average Bonchev–Trinajstić information content (AvgIpc) is 2.49. The van der Waals surface area contributed by atoms with E-state index in [0.29, 0.717) is 5.82 Å². The minimum atomic E-state index is 0.596. The van der Waals surface area contributed by atoms with E-state index >= 15 is 0 Å². The minimum absolute atomic E-state index is 0.596. The van der Waals surface area contributed by atoms with Gasteiger partial charge in [0.25, 0.3) is 0 Å². The lowest BCUT2D eigenvalue weighted by Gasteiger charge is -2.05. The Kier molecular flexibility index (Phi) is 3.21. The number of aryl methyl sites for hydroxylation is 2. The zero-order valence-corrected chi connectivity index (χ0v) is 11.4. The molecule has 0 saturated heterocycles. The van der Waals surface area contributed by atoms with E-state index in [1.165, 1.54) is 5.56 Å². The molecule has 3 aromatic rings. The van der Waals surface area contributed by atoms with E-state index in [2.05, 4.69) is 33.2 Å². The molecule has 3 rings (SSSR count). The lowest BCUT2D eigenvalue weighted by molar-refractivity contribution is 0.980. The second-order valence-corrected chi connectivity index (χ2v) is 4.67. The van der Waals surface area contributed by atoms with Crippen LogP contribution in [0.5, 0.6) is 0 Å². The van der Waals surface area contributed by atoms with Crippen LogP contribution in [0.3, 0.4) is 0 Å². The highest BCUT2D eigenvalue weighted by molar-refractivity contribution is 5.64. The van der Waals surface area contributed by atoms with Gasteiger partial charge in [0.2, 0.25) is 0 Å². The Bertz CT molecular complexity index is 735. The van der Waals surface area contributed by atoms with Crippen LogP contribution >= 0.6 is 0 Å². The molecule has 0 aliphatic rings. The third kappa shape index (κ3) is 2.40. The highest BCUT2D eigenvalue weighted by atomic mass is 15.1. The van der Waals surface area contributed by atoms with E-state index in [9.17, 15) is 0 Å². The topological polar surface area (TPSA) is 51.6 Å². The van der Waals surface area contributed by atoms with Crippen LogP contribution in [0.1, 0.15) is 11.3 Å². The molecule has 2 heterocycles. The lowest BCUT2D eigenvalue weighted by atomic mass is 10.1. The summed E-state index contributed by atoms with van der Waals surface area (Å²) in [5, 5.41) is 8.15. The number of benzene rings is 1. The first-order valence-electron chi connectivity index (χ1n) is 6.43. The molecular formula is C16H14N4. The number of rotatable bonds is 2. The first-order chi connectivity index (χ1) is 9.74. The Hall–Kier alpha value is -2.62. The van der Waals surface area contributed by atoms with Crippen molar-refractivity contribution in [2.24, 2.45) is 0 Å². The predicted octanol–water partition coefficient (Wildman–Crippen LogP) is 3.22. The van der Waals surface area contributed by atoms with E-state index in [4.69, 9.17) is 0 Å². The molecule has 0 atom stereocenters.